The van der Waals surface area contributed by atoms with E-state index in [2.05, 4.69) is 52.1 Å². The van der Waals surface area contributed by atoms with E-state index in [1.807, 2.05) is 26.0 Å². The molecule has 41 heavy (non-hydrogen) atoms. The third kappa shape index (κ3) is 11.8. The number of hydrogen-bond donors (Lipinski definition) is 4. The van der Waals surface area contributed by atoms with Crippen LogP contribution < -0.4 is 21.3 Å². The number of aryl methyl sites for hydroxylation is 1. The van der Waals surface area contributed by atoms with Crippen LogP contribution in [0.3, 0.4) is 0 Å². The Kier molecular flexibility index (Phi) is 16.0. The van der Waals surface area contributed by atoms with Crippen molar-refractivity contribution >= 4 is 17.7 Å². The molecule has 1 aliphatic carbocycles. The number of hydrogen-bond acceptors (Lipinski definition) is 5. The van der Waals surface area contributed by atoms with E-state index in [0.717, 1.165) is 51.7 Å². The van der Waals surface area contributed by atoms with Crippen LogP contribution in [-0.2, 0) is 20.8 Å². The van der Waals surface area contributed by atoms with Crippen molar-refractivity contribution in [3.63, 3.8) is 0 Å². The zero-order chi connectivity index (χ0) is 30.2. The van der Waals surface area contributed by atoms with Crippen molar-refractivity contribution in [1.82, 2.24) is 26.2 Å². The average Bonchev–Trinajstić information content (AvgIpc) is 2.97. The number of fused-ring (bicyclic) bond motifs is 1. The number of benzene rings is 1. The normalized spacial score (nSPS) is 17.0. The number of amides is 3. The summed E-state index contributed by atoms with van der Waals surface area (Å²) in [4.78, 5) is 42.3. The van der Waals surface area contributed by atoms with E-state index < -0.39 is 18.1 Å². The smallest absolute Gasteiger partial charge is 0.243 e. The second-order valence-corrected chi connectivity index (χ2v) is 12.0. The van der Waals surface area contributed by atoms with Gasteiger partial charge in [0.25, 0.3) is 0 Å². The SMILES string of the molecule is CCCCN(CCCC)CCCCC(NC(=O)C(NC(=O)C(C)NC)C(C)C)C(=O)NC1CCCc2ccccc21. The molecule has 0 saturated heterocycles. The highest BCUT2D eigenvalue weighted by molar-refractivity contribution is 5.93. The molecule has 3 amide bonds. The van der Waals surface area contributed by atoms with Gasteiger partial charge in [0.15, 0.2) is 0 Å². The molecule has 1 aromatic rings. The molecular weight excluding hydrogens is 514 g/mol. The zero-order valence-corrected chi connectivity index (χ0v) is 26.6. The second-order valence-electron chi connectivity index (χ2n) is 12.0. The fraction of sp³-hybridized carbons (Fsp3) is 0.727. The van der Waals surface area contributed by atoms with Crippen molar-refractivity contribution in [2.24, 2.45) is 5.92 Å². The molecule has 0 heterocycles. The maximum atomic E-state index is 13.7. The summed E-state index contributed by atoms with van der Waals surface area (Å²) in [7, 11) is 1.71. The Morgan fingerprint density at radius 2 is 1.54 bits per heavy atom. The van der Waals surface area contributed by atoms with Crippen LogP contribution in [-0.4, -0.2) is 67.4 Å². The van der Waals surface area contributed by atoms with Crippen LogP contribution in [0.15, 0.2) is 24.3 Å². The number of carbonyl (C=O) groups is 3. The van der Waals surface area contributed by atoms with Crippen LogP contribution in [0, 0.1) is 5.92 Å². The van der Waals surface area contributed by atoms with Gasteiger partial charge in [-0.05, 0) is 102 Å². The number of likely N-dealkylation sites (N-methyl/N-ethyl adjacent to an activating group) is 1. The zero-order valence-electron chi connectivity index (χ0n) is 26.6. The van der Waals surface area contributed by atoms with Gasteiger partial charge in [0.2, 0.25) is 17.7 Å². The van der Waals surface area contributed by atoms with E-state index in [1.165, 1.54) is 36.8 Å². The highest BCUT2D eigenvalue weighted by atomic mass is 16.2. The van der Waals surface area contributed by atoms with Crippen LogP contribution in [0.5, 0.6) is 0 Å². The molecule has 4 atom stereocenters. The molecule has 1 aromatic carbocycles. The number of nitrogens with zero attached hydrogens (tertiary/aromatic N) is 1. The lowest BCUT2D eigenvalue weighted by Gasteiger charge is -2.30. The summed E-state index contributed by atoms with van der Waals surface area (Å²) in [6.07, 6.45) is 10.1. The van der Waals surface area contributed by atoms with Crippen molar-refractivity contribution in [2.75, 3.05) is 26.7 Å². The van der Waals surface area contributed by atoms with Gasteiger partial charge in [0, 0.05) is 0 Å². The lowest BCUT2D eigenvalue weighted by Crippen LogP contribution is -2.57. The lowest BCUT2D eigenvalue weighted by molar-refractivity contribution is -0.133. The molecule has 232 valence electrons. The Morgan fingerprint density at radius 1 is 0.878 bits per heavy atom. The summed E-state index contributed by atoms with van der Waals surface area (Å²) in [5.41, 5.74) is 2.46. The van der Waals surface area contributed by atoms with Gasteiger partial charge in [0.1, 0.15) is 12.1 Å². The highest BCUT2D eigenvalue weighted by Crippen LogP contribution is 2.29. The van der Waals surface area contributed by atoms with Crippen LogP contribution >= 0.6 is 0 Å². The predicted molar refractivity (Wildman–Crippen MR) is 168 cm³/mol. The first-order valence-corrected chi connectivity index (χ1v) is 16.1. The number of unbranched alkanes of at least 4 members (excludes halogenated alkanes) is 3. The monoisotopic (exact) mass is 571 g/mol. The van der Waals surface area contributed by atoms with Gasteiger partial charge in [-0.1, -0.05) is 64.8 Å². The topological polar surface area (TPSA) is 103 Å². The quantitative estimate of drug-likeness (QED) is 0.183. The molecule has 8 nitrogen and oxygen atoms in total. The van der Waals surface area contributed by atoms with Crippen molar-refractivity contribution in [3.8, 4) is 0 Å². The largest absolute Gasteiger partial charge is 0.348 e. The fourth-order valence-corrected chi connectivity index (χ4v) is 5.43. The summed E-state index contributed by atoms with van der Waals surface area (Å²) < 4.78 is 0. The highest BCUT2D eigenvalue weighted by Gasteiger charge is 2.31. The van der Waals surface area contributed by atoms with Gasteiger partial charge in [0.05, 0.1) is 12.1 Å². The van der Waals surface area contributed by atoms with Crippen LogP contribution in [0.25, 0.3) is 0 Å². The molecule has 0 aromatic heterocycles. The van der Waals surface area contributed by atoms with E-state index in [-0.39, 0.29) is 29.7 Å². The molecule has 0 bridgehead atoms. The minimum atomic E-state index is -0.720. The van der Waals surface area contributed by atoms with E-state index in [1.54, 1.807) is 14.0 Å². The summed E-state index contributed by atoms with van der Waals surface area (Å²) in [6, 6.07) is 6.46. The van der Waals surface area contributed by atoms with Gasteiger partial charge in [-0.2, -0.15) is 0 Å². The molecule has 4 unspecified atom stereocenters. The third-order valence-corrected chi connectivity index (χ3v) is 8.27. The first kappa shape index (κ1) is 34.7. The van der Waals surface area contributed by atoms with Crippen LogP contribution in [0.1, 0.15) is 110 Å². The minimum absolute atomic E-state index is 0.0532. The van der Waals surface area contributed by atoms with Gasteiger partial charge in [-0.15, -0.1) is 0 Å². The van der Waals surface area contributed by atoms with E-state index in [4.69, 9.17) is 0 Å². The Labute approximate surface area is 249 Å². The van der Waals surface area contributed by atoms with Crippen molar-refractivity contribution in [1.29, 1.82) is 0 Å². The number of carbonyl (C=O) groups excluding carboxylic acids is 3. The average molecular weight is 572 g/mol. The lowest BCUT2D eigenvalue weighted by atomic mass is 9.87. The summed E-state index contributed by atoms with van der Waals surface area (Å²) in [6.45, 7) is 13.2. The van der Waals surface area contributed by atoms with Gasteiger partial charge >= 0.3 is 0 Å². The van der Waals surface area contributed by atoms with Crippen LogP contribution in [0.4, 0.5) is 0 Å². The first-order valence-electron chi connectivity index (χ1n) is 16.1. The maximum absolute atomic E-state index is 13.7. The van der Waals surface area contributed by atoms with Crippen molar-refractivity contribution < 1.29 is 14.4 Å². The second kappa shape index (κ2) is 18.9. The third-order valence-electron chi connectivity index (χ3n) is 8.27. The molecular formula is C33H57N5O3. The Morgan fingerprint density at radius 3 is 2.17 bits per heavy atom. The summed E-state index contributed by atoms with van der Waals surface area (Å²) in [5.74, 6) is -0.817. The predicted octanol–water partition coefficient (Wildman–Crippen LogP) is 4.49. The van der Waals surface area contributed by atoms with Gasteiger partial charge < -0.3 is 26.2 Å². The standard InChI is InChI=1S/C33H57N5O3/c1-7-9-21-38(22-10-8-2)23-14-13-19-29(36-33(41)30(24(3)4)37-31(39)25(5)34-6)32(40)35-28-20-15-17-26-16-11-12-18-27(26)28/h11-12,16,18,24-25,28-30,34H,7-10,13-15,17,19-23H2,1-6H3,(H,35,40)(H,36,41)(H,37,39). The fourth-order valence-electron chi connectivity index (χ4n) is 5.43. The summed E-state index contributed by atoms with van der Waals surface area (Å²) >= 11 is 0. The molecule has 0 saturated carbocycles. The van der Waals surface area contributed by atoms with Gasteiger partial charge in [-0.3, -0.25) is 14.4 Å². The van der Waals surface area contributed by atoms with E-state index in [0.29, 0.717) is 6.42 Å². The molecule has 0 fully saturated rings. The molecule has 0 radical (unpaired) electrons. The first-order chi connectivity index (χ1) is 19.7. The van der Waals surface area contributed by atoms with E-state index in [9.17, 15) is 14.4 Å². The van der Waals surface area contributed by atoms with Gasteiger partial charge in [-0.25, -0.2) is 0 Å². The maximum Gasteiger partial charge on any atom is 0.243 e. The minimum Gasteiger partial charge on any atom is -0.348 e. The van der Waals surface area contributed by atoms with Crippen molar-refractivity contribution in [3.05, 3.63) is 35.4 Å². The molecule has 8 heteroatoms. The number of rotatable bonds is 19. The molecule has 0 aliphatic heterocycles. The Bertz CT molecular complexity index is 929. The molecule has 2 rings (SSSR count). The Hall–Kier alpha value is -2.45. The Balaban J connectivity index is 2.12. The molecule has 4 N–H and O–H groups in total. The molecule has 0 spiro atoms. The number of nitrogens with one attached hydrogen (secondary N) is 4. The van der Waals surface area contributed by atoms with Crippen LogP contribution in [0.2, 0.25) is 0 Å². The molecule has 1 aliphatic rings. The van der Waals surface area contributed by atoms with E-state index >= 15 is 0 Å². The van der Waals surface area contributed by atoms with Crippen molar-refractivity contribution in [2.45, 2.75) is 123 Å². The summed E-state index contributed by atoms with van der Waals surface area (Å²) in [5, 5.41) is 12.1.